The first-order valence-electron chi connectivity index (χ1n) is 5.09. The number of aromatic hydroxyl groups is 1. The van der Waals surface area contributed by atoms with Crippen molar-refractivity contribution in [1.82, 2.24) is 4.72 Å². The molecule has 1 heterocycles. The van der Waals surface area contributed by atoms with E-state index in [0.717, 1.165) is 12.3 Å². The maximum atomic E-state index is 13.8. The number of aryl methyl sites for hydroxylation is 1. The molecule has 1 aromatic carbocycles. The molecule has 0 unspecified atom stereocenters. The molecular weight excluding hydrogens is 263 g/mol. The van der Waals surface area contributed by atoms with Crippen molar-refractivity contribution in [2.75, 3.05) is 4.31 Å². The van der Waals surface area contributed by atoms with Crippen LogP contribution in [0.15, 0.2) is 24.2 Å². The molecule has 0 atom stereocenters. The molecule has 0 aromatic heterocycles. The van der Waals surface area contributed by atoms with E-state index in [2.05, 4.69) is 0 Å². The summed E-state index contributed by atoms with van der Waals surface area (Å²) < 4.78 is 39.1. The summed E-state index contributed by atoms with van der Waals surface area (Å²) in [5.41, 5.74) is 0.00950. The molecule has 1 aliphatic rings. The first-order chi connectivity index (χ1) is 8.35. The van der Waals surface area contributed by atoms with E-state index in [9.17, 15) is 17.9 Å². The van der Waals surface area contributed by atoms with E-state index in [1.54, 1.807) is 11.6 Å². The second kappa shape index (κ2) is 4.05. The monoisotopic (exact) mass is 274 g/mol. The predicted molar refractivity (Wildman–Crippen MR) is 62.7 cm³/mol. The molecule has 6 nitrogen and oxygen atoms in total. The Kier molecular flexibility index (Phi) is 2.81. The van der Waals surface area contributed by atoms with E-state index in [1.165, 1.54) is 6.07 Å². The molecule has 0 amide bonds. The highest BCUT2D eigenvalue weighted by atomic mass is 32.2. The lowest BCUT2D eigenvalue weighted by atomic mass is 10.1. The third-order valence-electron chi connectivity index (χ3n) is 2.46. The lowest BCUT2D eigenvalue weighted by molar-refractivity contribution is 0.392. The highest BCUT2D eigenvalue weighted by molar-refractivity contribution is 7.91. The number of nitrogens with zero attached hydrogens (tertiary/aromatic N) is 1. The van der Waals surface area contributed by atoms with Gasteiger partial charge in [0.15, 0.2) is 5.82 Å². The maximum Gasteiger partial charge on any atom is 0.330 e. The minimum Gasteiger partial charge on any atom is -0.506 e. The Labute approximate surface area is 103 Å². The van der Waals surface area contributed by atoms with E-state index in [1.807, 2.05) is 0 Å². The van der Waals surface area contributed by atoms with Crippen molar-refractivity contribution in [2.24, 2.45) is 0 Å². The van der Waals surface area contributed by atoms with Crippen molar-refractivity contribution < 1.29 is 23.0 Å². The van der Waals surface area contributed by atoms with Gasteiger partial charge in [0.1, 0.15) is 11.4 Å². The van der Waals surface area contributed by atoms with Crippen molar-refractivity contribution in [3.63, 3.8) is 0 Å². The number of phenolic OH excluding ortho intramolecular Hbond substituents is 1. The molecule has 1 aliphatic heterocycles. The van der Waals surface area contributed by atoms with Gasteiger partial charge < -0.3 is 10.2 Å². The van der Waals surface area contributed by atoms with Crippen molar-refractivity contribution in [3.05, 3.63) is 35.6 Å². The van der Waals surface area contributed by atoms with Crippen LogP contribution >= 0.6 is 0 Å². The number of aliphatic hydroxyl groups excluding tert-OH is 1. The fourth-order valence-electron chi connectivity index (χ4n) is 1.63. The number of aliphatic hydroxyl groups is 1. The zero-order chi connectivity index (χ0) is 13.5. The molecule has 0 spiro atoms. The van der Waals surface area contributed by atoms with E-state index in [-0.39, 0.29) is 0 Å². The van der Waals surface area contributed by atoms with Gasteiger partial charge in [0, 0.05) is 0 Å². The van der Waals surface area contributed by atoms with Gasteiger partial charge >= 0.3 is 10.2 Å². The SMILES string of the molecule is CCc1cc(O)c(N2C=C(O)NS2(=O)=O)c(F)c1. The second-order valence-electron chi connectivity index (χ2n) is 3.72. The summed E-state index contributed by atoms with van der Waals surface area (Å²) in [5, 5.41) is 18.8. The van der Waals surface area contributed by atoms with Crippen molar-refractivity contribution in [3.8, 4) is 5.75 Å². The molecule has 0 saturated carbocycles. The molecule has 2 rings (SSSR count). The van der Waals surface area contributed by atoms with Crippen LogP contribution in [0.4, 0.5) is 10.1 Å². The minimum absolute atomic E-state index is 0.451. The number of rotatable bonds is 2. The largest absolute Gasteiger partial charge is 0.506 e. The molecule has 98 valence electrons. The molecule has 1 aromatic rings. The molecule has 0 saturated heterocycles. The fraction of sp³-hybridized carbons (Fsp3) is 0.200. The van der Waals surface area contributed by atoms with Crippen LogP contribution < -0.4 is 9.03 Å². The number of hydrogen-bond donors (Lipinski definition) is 3. The lowest BCUT2D eigenvalue weighted by Crippen LogP contribution is -2.30. The van der Waals surface area contributed by atoms with Gasteiger partial charge in [0.05, 0.1) is 6.20 Å². The minimum atomic E-state index is -4.11. The third-order valence-corrected chi connectivity index (χ3v) is 3.74. The van der Waals surface area contributed by atoms with Crippen LogP contribution in [0.5, 0.6) is 5.75 Å². The number of benzene rings is 1. The molecular formula is C10H11FN2O4S. The normalized spacial score (nSPS) is 17.4. The average molecular weight is 274 g/mol. The Hall–Kier alpha value is -1.96. The van der Waals surface area contributed by atoms with Crippen molar-refractivity contribution in [2.45, 2.75) is 13.3 Å². The quantitative estimate of drug-likeness (QED) is 0.753. The molecule has 0 bridgehead atoms. The molecule has 0 fully saturated rings. The van der Waals surface area contributed by atoms with Crippen LogP contribution in [-0.2, 0) is 16.6 Å². The summed E-state index contributed by atoms with van der Waals surface area (Å²) in [6, 6.07) is 2.41. The summed E-state index contributed by atoms with van der Waals surface area (Å²) in [7, 11) is -4.11. The van der Waals surface area contributed by atoms with Crippen LogP contribution in [0.1, 0.15) is 12.5 Å². The molecule has 8 heteroatoms. The Morgan fingerprint density at radius 2 is 2.06 bits per heavy atom. The summed E-state index contributed by atoms with van der Waals surface area (Å²) in [4.78, 5) is 0. The number of nitrogens with one attached hydrogen (secondary N) is 1. The molecule has 18 heavy (non-hydrogen) atoms. The molecule has 0 aliphatic carbocycles. The van der Waals surface area contributed by atoms with Gasteiger partial charge in [0.2, 0.25) is 5.88 Å². The molecule has 0 radical (unpaired) electrons. The average Bonchev–Trinajstić information content (AvgIpc) is 2.51. The van der Waals surface area contributed by atoms with E-state index < -0.39 is 33.3 Å². The summed E-state index contributed by atoms with van der Waals surface area (Å²) in [6.07, 6.45) is 1.27. The number of halogens is 1. The van der Waals surface area contributed by atoms with E-state index in [4.69, 9.17) is 5.11 Å². The Morgan fingerprint density at radius 3 is 2.50 bits per heavy atom. The number of phenols is 1. The Balaban J connectivity index is 2.59. The smallest absolute Gasteiger partial charge is 0.330 e. The third kappa shape index (κ3) is 1.94. The first kappa shape index (κ1) is 12.5. The van der Waals surface area contributed by atoms with Crippen LogP contribution in [0.3, 0.4) is 0 Å². The van der Waals surface area contributed by atoms with Gasteiger partial charge in [-0.3, -0.25) is 0 Å². The molecule has 3 N–H and O–H groups in total. The van der Waals surface area contributed by atoms with Crippen LogP contribution in [-0.4, -0.2) is 18.6 Å². The summed E-state index contributed by atoms with van der Waals surface area (Å²) >= 11 is 0. The van der Waals surface area contributed by atoms with Crippen molar-refractivity contribution in [1.29, 1.82) is 0 Å². The summed E-state index contributed by atoms with van der Waals surface area (Å²) in [5.74, 6) is -2.04. The van der Waals surface area contributed by atoms with E-state index in [0.29, 0.717) is 16.3 Å². The van der Waals surface area contributed by atoms with Crippen LogP contribution in [0.25, 0.3) is 0 Å². The first-order valence-corrected chi connectivity index (χ1v) is 6.53. The predicted octanol–water partition coefficient (Wildman–Crippen LogP) is 1.10. The highest BCUT2D eigenvalue weighted by Crippen LogP contribution is 2.35. The van der Waals surface area contributed by atoms with Gasteiger partial charge in [-0.15, -0.1) is 0 Å². The summed E-state index contributed by atoms with van der Waals surface area (Å²) in [6.45, 7) is 1.77. The standard InChI is InChI=1S/C10H11FN2O4S/c1-2-6-3-7(11)10(8(14)4-6)13-5-9(15)12-18(13,16)17/h3-5,12,14-15H,2H2,1H3. The number of anilines is 1. The maximum absolute atomic E-state index is 13.8. The highest BCUT2D eigenvalue weighted by Gasteiger charge is 2.32. The van der Waals surface area contributed by atoms with Gasteiger partial charge in [-0.05, 0) is 24.1 Å². The van der Waals surface area contributed by atoms with Gasteiger partial charge in [-0.1, -0.05) is 6.92 Å². The second-order valence-corrected chi connectivity index (χ2v) is 5.26. The fourth-order valence-corrected chi connectivity index (χ4v) is 2.71. The Morgan fingerprint density at radius 1 is 1.39 bits per heavy atom. The zero-order valence-electron chi connectivity index (χ0n) is 9.38. The van der Waals surface area contributed by atoms with Crippen LogP contribution in [0, 0.1) is 5.82 Å². The topological polar surface area (TPSA) is 89.9 Å². The van der Waals surface area contributed by atoms with E-state index >= 15 is 0 Å². The van der Waals surface area contributed by atoms with Gasteiger partial charge in [0.25, 0.3) is 0 Å². The number of hydrogen-bond acceptors (Lipinski definition) is 4. The zero-order valence-corrected chi connectivity index (χ0v) is 10.2. The van der Waals surface area contributed by atoms with Crippen molar-refractivity contribution >= 4 is 15.9 Å². The van der Waals surface area contributed by atoms with Crippen LogP contribution in [0.2, 0.25) is 0 Å². The van der Waals surface area contributed by atoms with Gasteiger partial charge in [-0.2, -0.15) is 8.42 Å². The Bertz CT molecular complexity index is 604. The van der Waals surface area contributed by atoms with Gasteiger partial charge in [-0.25, -0.2) is 13.4 Å². The lowest BCUT2D eigenvalue weighted by Gasteiger charge is -2.16.